The molecule has 3 rings (SSSR count). The lowest BCUT2D eigenvalue weighted by Gasteiger charge is -2.20. The summed E-state index contributed by atoms with van der Waals surface area (Å²) in [5.41, 5.74) is 2.03. The van der Waals surface area contributed by atoms with Gasteiger partial charge in [-0.1, -0.05) is 22.4 Å². The summed E-state index contributed by atoms with van der Waals surface area (Å²) >= 11 is 5.76. The number of carbonyl (C=O) groups excluding carboxylic acids is 1. The molecule has 1 heterocycles. The van der Waals surface area contributed by atoms with Gasteiger partial charge in [0.05, 0.1) is 5.69 Å². The molecule has 108 valence electrons. The fourth-order valence-electron chi connectivity index (χ4n) is 3.45. The Balaban J connectivity index is 1.71. The SMILES string of the molecule is Cc1cc(Br)cc(I)c1NC(=O)N1C[C@H]2CCC[C@@H]2C1. The molecule has 0 unspecified atom stereocenters. The molecule has 1 saturated carbocycles. The number of urea groups is 1. The van der Waals surface area contributed by atoms with Crippen LogP contribution in [0.3, 0.4) is 0 Å². The van der Waals surface area contributed by atoms with Crippen molar-refractivity contribution in [3.8, 4) is 0 Å². The summed E-state index contributed by atoms with van der Waals surface area (Å²) in [5.74, 6) is 1.48. The Morgan fingerprint density at radius 1 is 1.35 bits per heavy atom. The average molecular weight is 449 g/mol. The Kier molecular flexibility index (Phi) is 4.26. The molecule has 0 bridgehead atoms. The predicted molar refractivity (Wildman–Crippen MR) is 93.0 cm³/mol. The number of nitrogens with zero attached hydrogens (tertiary/aromatic N) is 1. The van der Waals surface area contributed by atoms with Gasteiger partial charge in [-0.2, -0.15) is 0 Å². The second-order valence-corrected chi connectivity index (χ2v) is 7.94. The lowest BCUT2D eigenvalue weighted by atomic mass is 10.0. The number of fused-ring (bicyclic) bond motifs is 1. The summed E-state index contributed by atoms with van der Waals surface area (Å²) in [6.45, 7) is 3.90. The van der Waals surface area contributed by atoms with Gasteiger partial charge in [0.25, 0.3) is 0 Å². The van der Waals surface area contributed by atoms with E-state index in [0.29, 0.717) is 0 Å². The number of likely N-dealkylation sites (tertiary alicyclic amines) is 1. The zero-order valence-electron chi connectivity index (χ0n) is 11.5. The first-order chi connectivity index (χ1) is 9.54. The molecule has 1 N–H and O–H groups in total. The fourth-order valence-corrected chi connectivity index (χ4v) is 5.34. The summed E-state index contributed by atoms with van der Waals surface area (Å²) in [5, 5.41) is 3.10. The number of amides is 2. The summed E-state index contributed by atoms with van der Waals surface area (Å²) in [6.07, 6.45) is 3.93. The smallest absolute Gasteiger partial charge is 0.321 e. The van der Waals surface area contributed by atoms with Gasteiger partial charge in [0.1, 0.15) is 0 Å². The Hall–Kier alpha value is -0.300. The third kappa shape index (κ3) is 2.84. The molecular weight excluding hydrogens is 431 g/mol. The summed E-state index contributed by atoms with van der Waals surface area (Å²) in [6, 6.07) is 4.13. The normalized spacial score (nSPS) is 24.9. The van der Waals surface area contributed by atoms with E-state index in [1.807, 2.05) is 24.0 Å². The molecule has 1 aromatic carbocycles. The number of anilines is 1. The molecule has 0 radical (unpaired) electrons. The van der Waals surface area contributed by atoms with Crippen LogP contribution in [0.15, 0.2) is 16.6 Å². The van der Waals surface area contributed by atoms with Crippen molar-refractivity contribution in [2.45, 2.75) is 26.2 Å². The zero-order valence-corrected chi connectivity index (χ0v) is 15.2. The molecule has 1 aromatic rings. The van der Waals surface area contributed by atoms with E-state index in [1.54, 1.807) is 0 Å². The number of aryl methyl sites for hydroxylation is 1. The van der Waals surface area contributed by atoms with Gasteiger partial charge in [0, 0.05) is 21.1 Å². The van der Waals surface area contributed by atoms with Crippen LogP contribution in [0.4, 0.5) is 10.5 Å². The van der Waals surface area contributed by atoms with Crippen LogP contribution in [0.25, 0.3) is 0 Å². The van der Waals surface area contributed by atoms with Crippen molar-refractivity contribution in [1.82, 2.24) is 4.90 Å². The number of benzene rings is 1. The number of nitrogens with one attached hydrogen (secondary N) is 1. The van der Waals surface area contributed by atoms with Gasteiger partial charge in [0.2, 0.25) is 0 Å². The number of rotatable bonds is 1. The average Bonchev–Trinajstić information content (AvgIpc) is 2.93. The van der Waals surface area contributed by atoms with Crippen molar-refractivity contribution < 1.29 is 4.79 Å². The molecule has 5 heteroatoms. The second-order valence-electron chi connectivity index (χ2n) is 5.87. The number of hydrogen-bond donors (Lipinski definition) is 1. The van der Waals surface area contributed by atoms with Crippen LogP contribution in [0.1, 0.15) is 24.8 Å². The number of halogens is 2. The first-order valence-electron chi connectivity index (χ1n) is 7.06. The molecule has 2 atom stereocenters. The predicted octanol–water partition coefficient (Wildman–Crippen LogP) is 4.63. The van der Waals surface area contributed by atoms with Gasteiger partial charge in [0.15, 0.2) is 0 Å². The summed E-state index contributed by atoms with van der Waals surface area (Å²) in [7, 11) is 0. The van der Waals surface area contributed by atoms with E-state index in [2.05, 4.69) is 43.8 Å². The number of carbonyl (C=O) groups is 1. The van der Waals surface area contributed by atoms with Crippen LogP contribution in [0, 0.1) is 22.3 Å². The standard InChI is InChI=1S/C15H18BrIN2O/c1-9-5-12(16)6-13(17)14(9)18-15(20)19-7-10-3-2-4-11(10)8-19/h5-6,10-11H,2-4,7-8H2,1H3,(H,18,20)/t10-,11-/m1/s1. The maximum Gasteiger partial charge on any atom is 0.321 e. The van der Waals surface area contributed by atoms with E-state index < -0.39 is 0 Å². The highest BCUT2D eigenvalue weighted by Crippen LogP contribution is 2.38. The highest BCUT2D eigenvalue weighted by atomic mass is 127. The zero-order chi connectivity index (χ0) is 14.3. The van der Waals surface area contributed by atoms with Crippen molar-refractivity contribution in [1.29, 1.82) is 0 Å². The molecule has 2 fully saturated rings. The topological polar surface area (TPSA) is 32.3 Å². The molecule has 0 spiro atoms. The molecule has 1 saturated heterocycles. The Bertz CT molecular complexity index is 514. The van der Waals surface area contributed by atoms with E-state index >= 15 is 0 Å². The molecular formula is C15H18BrIN2O. The molecule has 1 aliphatic carbocycles. The Morgan fingerprint density at radius 2 is 2.00 bits per heavy atom. The maximum absolute atomic E-state index is 12.4. The van der Waals surface area contributed by atoms with Gasteiger partial charge in [-0.15, -0.1) is 0 Å². The quantitative estimate of drug-likeness (QED) is 0.624. The van der Waals surface area contributed by atoms with Crippen LogP contribution >= 0.6 is 38.5 Å². The third-order valence-corrected chi connectivity index (χ3v) is 5.81. The minimum Gasteiger partial charge on any atom is -0.324 e. The van der Waals surface area contributed by atoms with E-state index in [1.165, 1.54) is 19.3 Å². The van der Waals surface area contributed by atoms with Gasteiger partial charge in [-0.25, -0.2) is 4.79 Å². The van der Waals surface area contributed by atoms with Crippen LogP contribution in [-0.4, -0.2) is 24.0 Å². The third-order valence-electron chi connectivity index (χ3n) is 4.50. The maximum atomic E-state index is 12.4. The molecule has 2 aliphatic rings. The Morgan fingerprint density at radius 3 is 2.60 bits per heavy atom. The lowest BCUT2D eigenvalue weighted by Crippen LogP contribution is -2.34. The molecule has 1 aliphatic heterocycles. The Labute approximate surface area is 141 Å². The highest BCUT2D eigenvalue weighted by Gasteiger charge is 2.38. The van der Waals surface area contributed by atoms with Gasteiger partial charge >= 0.3 is 6.03 Å². The summed E-state index contributed by atoms with van der Waals surface area (Å²) in [4.78, 5) is 14.4. The monoisotopic (exact) mass is 448 g/mol. The van der Waals surface area contributed by atoms with E-state index in [0.717, 1.165) is 44.2 Å². The van der Waals surface area contributed by atoms with Gasteiger partial charge in [-0.05, 0) is 71.9 Å². The highest BCUT2D eigenvalue weighted by molar-refractivity contribution is 14.1. The van der Waals surface area contributed by atoms with Crippen molar-refractivity contribution in [2.75, 3.05) is 18.4 Å². The van der Waals surface area contributed by atoms with Crippen LogP contribution in [0.2, 0.25) is 0 Å². The van der Waals surface area contributed by atoms with E-state index in [-0.39, 0.29) is 6.03 Å². The van der Waals surface area contributed by atoms with Crippen LogP contribution in [-0.2, 0) is 0 Å². The van der Waals surface area contributed by atoms with Crippen molar-refractivity contribution in [2.24, 2.45) is 11.8 Å². The minimum atomic E-state index is 0.0581. The van der Waals surface area contributed by atoms with Crippen LogP contribution in [0.5, 0.6) is 0 Å². The van der Waals surface area contributed by atoms with E-state index in [9.17, 15) is 4.79 Å². The largest absolute Gasteiger partial charge is 0.324 e. The first kappa shape index (κ1) is 14.6. The van der Waals surface area contributed by atoms with Gasteiger partial charge in [-0.3, -0.25) is 0 Å². The van der Waals surface area contributed by atoms with Crippen molar-refractivity contribution in [3.63, 3.8) is 0 Å². The fraction of sp³-hybridized carbons (Fsp3) is 0.533. The minimum absolute atomic E-state index is 0.0581. The van der Waals surface area contributed by atoms with Crippen LogP contribution < -0.4 is 5.32 Å². The van der Waals surface area contributed by atoms with Crippen molar-refractivity contribution >= 4 is 50.2 Å². The second kappa shape index (κ2) is 5.83. The molecule has 0 aromatic heterocycles. The van der Waals surface area contributed by atoms with Gasteiger partial charge < -0.3 is 10.2 Å². The molecule has 20 heavy (non-hydrogen) atoms. The lowest BCUT2D eigenvalue weighted by molar-refractivity contribution is 0.219. The number of hydrogen-bond acceptors (Lipinski definition) is 1. The van der Waals surface area contributed by atoms with Crippen molar-refractivity contribution in [3.05, 3.63) is 25.7 Å². The van der Waals surface area contributed by atoms with E-state index in [4.69, 9.17) is 0 Å². The molecule has 3 nitrogen and oxygen atoms in total. The summed E-state index contributed by atoms with van der Waals surface area (Å²) < 4.78 is 2.12. The molecule has 2 amide bonds. The first-order valence-corrected chi connectivity index (χ1v) is 8.93.